The van der Waals surface area contributed by atoms with Crippen molar-refractivity contribution in [2.75, 3.05) is 38.3 Å². The monoisotopic (exact) mass is 408 g/mol. The van der Waals surface area contributed by atoms with Crippen molar-refractivity contribution in [1.82, 2.24) is 4.98 Å². The highest BCUT2D eigenvalue weighted by Gasteiger charge is 2.19. The van der Waals surface area contributed by atoms with E-state index in [2.05, 4.69) is 9.88 Å². The van der Waals surface area contributed by atoms with Crippen LogP contribution in [0.25, 0.3) is 11.3 Å². The van der Waals surface area contributed by atoms with Crippen LogP contribution < -0.4 is 9.64 Å². The summed E-state index contributed by atoms with van der Waals surface area (Å²) in [5, 5.41) is 0. The van der Waals surface area contributed by atoms with E-state index in [-0.39, 0.29) is 11.5 Å². The average Bonchev–Trinajstić information content (AvgIpc) is 2.81. The van der Waals surface area contributed by atoms with Crippen molar-refractivity contribution in [2.24, 2.45) is 0 Å². The third-order valence-corrected chi connectivity index (χ3v) is 4.80. The second-order valence-electron chi connectivity index (χ2n) is 6.74. The first-order valence-electron chi connectivity index (χ1n) is 9.60. The molecule has 0 aliphatic carbocycles. The van der Waals surface area contributed by atoms with Gasteiger partial charge >= 0.3 is 5.97 Å². The van der Waals surface area contributed by atoms with E-state index in [1.807, 2.05) is 30.3 Å². The Hall–Kier alpha value is -3.45. The number of nitrogens with zero attached hydrogens (tertiary/aromatic N) is 2. The molecule has 154 valence electrons. The highest BCUT2D eigenvalue weighted by Crippen LogP contribution is 2.32. The number of esters is 1. The molecule has 3 aromatic rings. The smallest absolute Gasteiger partial charge is 0.356 e. The van der Waals surface area contributed by atoms with Crippen LogP contribution in [0.1, 0.15) is 10.5 Å². The van der Waals surface area contributed by atoms with Crippen LogP contribution in [0.4, 0.5) is 10.1 Å². The number of ether oxygens (including phenoxy) is 3. The normalized spacial score (nSPS) is 13.7. The van der Waals surface area contributed by atoms with Crippen molar-refractivity contribution < 1.29 is 23.4 Å². The van der Waals surface area contributed by atoms with E-state index in [4.69, 9.17) is 14.2 Å². The molecule has 1 aliphatic rings. The zero-order chi connectivity index (χ0) is 20.9. The van der Waals surface area contributed by atoms with E-state index in [0.29, 0.717) is 30.4 Å². The van der Waals surface area contributed by atoms with Crippen molar-refractivity contribution >= 4 is 11.7 Å². The van der Waals surface area contributed by atoms with Crippen molar-refractivity contribution in [3.63, 3.8) is 0 Å². The van der Waals surface area contributed by atoms with Crippen LogP contribution in [-0.4, -0.2) is 44.4 Å². The Morgan fingerprint density at radius 3 is 2.23 bits per heavy atom. The van der Waals surface area contributed by atoms with Crippen LogP contribution in [0.5, 0.6) is 11.5 Å². The summed E-state index contributed by atoms with van der Waals surface area (Å²) in [5.74, 6) is 0.359. The molecule has 30 heavy (non-hydrogen) atoms. The predicted octanol–water partition coefficient (Wildman–Crippen LogP) is 4.30. The van der Waals surface area contributed by atoms with Gasteiger partial charge < -0.3 is 19.1 Å². The maximum absolute atomic E-state index is 13.1. The first-order chi connectivity index (χ1) is 14.6. The molecule has 0 amide bonds. The number of rotatable bonds is 5. The number of anilines is 1. The Morgan fingerprint density at radius 2 is 1.60 bits per heavy atom. The topological polar surface area (TPSA) is 60.9 Å². The summed E-state index contributed by atoms with van der Waals surface area (Å²) >= 11 is 0. The van der Waals surface area contributed by atoms with Crippen LogP contribution in [-0.2, 0) is 9.47 Å². The number of halogens is 1. The van der Waals surface area contributed by atoms with Gasteiger partial charge in [-0.25, -0.2) is 14.2 Å². The summed E-state index contributed by atoms with van der Waals surface area (Å²) in [6, 6.07) is 16.8. The minimum absolute atomic E-state index is 0.246. The molecule has 2 aromatic carbocycles. The standard InChI is InChI=1S/C23H21FN2O4/c1-28-23(27)20-10-11-21(26-12-14-29-15-13-26)22(25-20)16-2-6-18(7-3-16)30-19-8-4-17(24)5-9-19/h2-11H,12-15H2,1H3. The summed E-state index contributed by atoms with van der Waals surface area (Å²) in [7, 11) is 1.33. The van der Waals surface area contributed by atoms with Crippen molar-refractivity contribution in [2.45, 2.75) is 0 Å². The molecule has 4 rings (SSSR count). The number of methoxy groups -OCH3 is 1. The van der Waals surface area contributed by atoms with Gasteiger partial charge in [0.1, 0.15) is 23.0 Å². The van der Waals surface area contributed by atoms with Gasteiger partial charge in [0.15, 0.2) is 0 Å². The van der Waals surface area contributed by atoms with Crippen LogP contribution >= 0.6 is 0 Å². The lowest BCUT2D eigenvalue weighted by Gasteiger charge is -2.30. The first-order valence-corrected chi connectivity index (χ1v) is 9.60. The Labute approximate surface area is 173 Å². The third kappa shape index (κ3) is 4.41. The summed E-state index contributed by atoms with van der Waals surface area (Å²) in [6.45, 7) is 2.78. The molecule has 0 saturated carbocycles. The van der Waals surface area contributed by atoms with Gasteiger partial charge in [-0.15, -0.1) is 0 Å². The average molecular weight is 408 g/mol. The number of hydrogen-bond acceptors (Lipinski definition) is 6. The number of morpholine rings is 1. The second-order valence-corrected chi connectivity index (χ2v) is 6.74. The van der Waals surface area contributed by atoms with Gasteiger partial charge in [0, 0.05) is 18.7 Å². The zero-order valence-corrected chi connectivity index (χ0v) is 16.5. The summed E-state index contributed by atoms with van der Waals surface area (Å²) in [5.41, 5.74) is 2.70. The highest BCUT2D eigenvalue weighted by atomic mass is 19.1. The number of pyridine rings is 1. The Bertz CT molecular complexity index is 1020. The number of carbonyl (C=O) groups excluding carboxylic acids is 1. The molecule has 7 heteroatoms. The minimum atomic E-state index is -0.485. The van der Waals surface area contributed by atoms with Crippen LogP contribution in [0.2, 0.25) is 0 Å². The van der Waals surface area contributed by atoms with Crippen LogP contribution in [0.3, 0.4) is 0 Å². The first kappa shape index (κ1) is 19.8. The van der Waals surface area contributed by atoms with Crippen molar-refractivity contribution in [1.29, 1.82) is 0 Å². The van der Waals surface area contributed by atoms with E-state index >= 15 is 0 Å². The summed E-state index contributed by atoms with van der Waals surface area (Å²) in [4.78, 5) is 18.8. The molecule has 0 atom stereocenters. The molecule has 0 N–H and O–H groups in total. The van der Waals surface area contributed by atoms with Gasteiger partial charge in [0.05, 0.1) is 31.7 Å². The summed E-state index contributed by atoms with van der Waals surface area (Å²) < 4.78 is 29.1. The molecular weight excluding hydrogens is 387 g/mol. The van der Waals surface area contributed by atoms with E-state index in [1.54, 1.807) is 18.2 Å². The molecule has 0 radical (unpaired) electrons. The second kappa shape index (κ2) is 8.92. The minimum Gasteiger partial charge on any atom is -0.464 e. The Morgan fingerprint density at radius 1 is 0.967 bits per heavy atom. The Kier molecular flexibility index (Phi) is 5.90. The highest BCUT2D eigenvalue weighted by molar-refractivity contribution is 5.89. The molecule has 1 aromatic heterocycles. The molecule has 1 saturated heterocycles. The molecule has 1 aliphatic heterocycles. The predicted molar refractivity (Wildman–Crippen MR) is 111 cm³/mol. The Balaban J connectivity index is 1.65. The zero-order valence-electron chi connectivity index (χ0n) is 16.5. The fourth-order valence-electron chi connectivity index (χ4n) is 3.26. The number of aromatic nitrogens is 1. The van der Waals surface area contributed by atoms with Crippen LogP contribution in [0, 0.1) is 5.82 Å². The quantitative estimate of drug-likeness (QED) is 0.587. The van der Waals surface area contributed by atoms with Gasteiger partial charge in [0.2, 0.25) is 0 Å². The molecule has 1 fully saturated rings. The molecule has 6 nitrogen and oxygen atoms in total. The maximum atomic E-state index is 13.1. The molecule has 0 unspecified atom stereocenters. The van der Waals surface area contributed by atoms with Gasteiger partial charge in [-0.3, -0.25) is 0 Å². The van der Waals surface area contributed by atoms with Gasteiger partial charge in [-0.2, -0.15) is 0 Å². The fraction of sp³-hybridized carbons (Fsp3) is 0.217. The molecule has 0 spiro atoms. The van der Waals surface area contributed by atoms with E-state index in [1.165, 1.54) is 19.2 Å². The number of benzene rings is 2. The van der Waals surface area contributed by atoms with E-state index in [0.717, 1.165) is 24.3 Å². The lowest BCUT2D eigenvalue weighted by atomic mass is 10.1. The third-order valence-electron chi connectivity index (χ3n) is 4.80. The number of hydrogen-bond donors (Lipinski definition) is 0. The summed E-state index contributed by atoms with van der Waals surface area (Å²) in [6.07, 6.45) is 0. The van der Waals surface area contributed by atoms with Gasteiger partial charge in [0.25, 0.3) is 0 Å². The number of carbonyl (C=O) groups is 1. The van der Waals surface area contributed by atoms with Gasteiger partial charge in [-0.1, -0.05) is 0 Å². The molecule has 2 heterocycles. The van der Waals surface area contributed by atoms with Crippen LogP contribution in [0.15, 0.2) is 60.7 Å². The fourth-order valence-corrected chi connectivity index (χ4v) is 3.26. The maximum Gasteiger partial charge on any atom is 0.356 e. The van der Waals surface area contributed by atoms with E-state index < -0.39 is 5.97 Å². The lowest BCUT2D eigenvalue weighted by Crippen LogP contribution is -2.36. The largest absolute Gasteiger partial charge is 0.464 e. The van der Waals surface area contributed by atoms with E-state index in [9.17, 15) is 9.18 Å². The van der Waals surface area contributed by atoms with Crippen molar-refractivity contribution in [3.05, 3.63) is 72.2 Å². The molecule has 0 bridgehead atoms. The van der Waals surface area contributed by atoms with Gasteiger partial charge in [-0.05, 0) is 60.7 Å². The lowest BCUT2D eigenvalue weighted by molar-refractivity contribution is 0.0594. The molecular formula is C23H21FN2O4. The van der Waals surface area contributed by atoms with Crippen molar-refractivity contribution in [3.8, 4) is 22.8 Å². The SMILES string of the molecule is COC(=O)c1ccc(N2CCOCC2)c(-c2ccc(Oc3ccc(F)cc3)cc2)n1.